The van der Waals surface area contributed by atoms with E-state index in [4.69, 9.17) is 0 Å². The van der Waals surface area contributed by atoms with Crippen LogP contribution >= 0.6 is 0 Å². The first kappa shape index (κ1) is 16.0. The summed E-state index contributed by atoms with van der Waals surface area (Å²) < 4.78 is 1.73. The van der Waals surface area contributed by atoms with Crippen LogP contribution in [0.15, 0.2) is 54.3 Å². The Morgan fingerprint density at radius 3 is 2.37 bits per heavy atom. The molecule has 1 unspecified atom stereocenters. The molecule has 1 N–H and O–H groups in total. The fraction of sp³-hybridized carbons (Fsp3) is 0.300. The third-order valence-electron chi connectivity index (χ3n) is 5.45. The Hall–Kier alpha value is -3.22. The van der Waals surface area contributed by atoms with E-state index in [0.717, 1.165) is 11.3 Å². The molecule has 27 heavy (non-hydrogen) atoms. The van der Waals surface area contributed by atoms with Gasteiger partial charge in [0.05, 0.1) is 11.8 Å². The van der Waals surface area contributed by atoms with Crippen LogP contribution < -0.4 is 10.2 Å². The fourth-order valence-corrected chi connectivity index (χ4v) is 4.10. The molecule has 3 heterocycles. The Morgan fingerprint density at radius 1 is 1.04 bits per heavy atom. The third-order valence-corrected chi connectivity index (χ3v) is 5.45. The predicted octanol–water partition coefficient (Wildman–Crippen LogP) is 2.65. The minimum atomic E-state index is -0.291. The Balaban J connectivity index is 1.54. The molecule has 1 saturated heterocycles. The highest BCUT2D eigenvalue weighted by Gasteiger charge is 2.49. The number of allylic oxidation sites excluding steroid dienone is 4. The lowest BCUT2D eigenvalue weighted by molar-refractivity contribution is -0.122. The number of nitrogens with zero attached hydrogens (tertiary/aromatic N) is 4. The van der Waals surface area contributed by atoms with Gasteiger partial charge in [-0.1, -0.05) is 42.5 Å². The second-order valence-corrected chi connectivity index (χ2v) is 7.18. The molecule has 5 rings (SSSR count). The van der Waals surface area contributed by atoms with Crippen molar-refractivity contribution in [2.24, 2.45) is 11.8 Å². The van der Waals surface area contributed by atoms with E-state index in [1.807, 2.05) is 49.4 Å². The molecule has 0 radical (unpaired) electrons. The monoisotopic (exact) mass is 361 g/mol. The minimum Gasteiger partial charge on any atom is -0.329 e. The maximum atomic E-state index is 12.8. The predicted molar refractivity (Wildman–Crippen MR) is 99.8 cm³/mol. The highest BCUT2D eigenvalue weighted by molar-refractivity contribution is 6.21. The van der Waals surface area contributed by atoms with Gasteiger partial charge in [-0.15, -0.1) is 5.10 Å². The standard InChI is InChI=1S/C20H19N5O2/c1-12-11-16(13-7-3-2-4-8-13)25-19(21-12)22-20(23-25)24-17(26)14-9-5-6-10-15(14)18(24)27/h2-8,11,14-16H,9-10H2,1H3,(H,21,22,23)/t14-,15+,16?. The molecule has 1 aromatic heterocycles. The van der Waals surface area contributed by atoms with Crippen LogP contribution in [0.2, 0.25) is 0 Å². The minimum absolute atomic E-state index is 0.138. The molecule has 0 saturated carbocycles. The molecule has 1 fully saturated rings. The number of hydrogen-bond acceptors (Lipinski definition) is 5. The first-order valence-corrected chi connectivity index (χ1v) is 9.13. The molecule has 2 aromatic rings. The van der Waals surface area contributed by atoms with E-state index >= 15 is 0 Å². The van der Waals surface area contributed by atoms with Crippen LogP contribution in [0.3, 0.4) is 0 Å². The molecule has 7 heteroatoms. The van der Waals surface area contributed by atoms with Crippen molar-refractivity contribution in [3.8, 4) is 0 Å². The molecule has 0 bridgehead atoms. The van der Waals surface area contributed by atoms with Crippen molar-refractivity contribution in [3.05, 3.63) is 59.8 Å². The summed E-state index contributed by atoms with van der Waals surface area (Å²) in [5.74, 6) is -0.281. The van der Waals surface area contributed by atoms with Gasteiger partial charge in [-0.3, -0.25) is 9.59 Å². The highest BCUT2D eigenvalue weighted by Crippen LogP contribution is 2.38. The van der Waals surface area contributed by atoms with Crippen LogP contribution in [0, 0.1) is 11.8 Å². The number of imide groups is 1. The number of carbonyl (C=O) groups excluding carboxylic acids is 2. The number of nitrogens with one attached hydrogen (secondary N) is 1. The largest absolute Gasteiger partial charge is 0.329 e. The normalized spacial score (nSPS) is 26.5. The van der Waals surface area contributed by atoms with Gasteiger partial charge in [-0.05, 0) is 31.4 Å². The maximum absolute atomic E-state index is 12.8. The lowest BCUT2D eigenvalue weighted by Gasteiger charge is -2.22. The van der Waals surface area contributed by atoms with Crippen molar-refractivity contribution in [1.29, 1.82) is 0 Å². The van der Waals surface area contributed by atoms with Gasteiger partial charge >= 0.3 is 0 Å². The van der Waals surface area contributed by atoms with Crippen LogP contribution in [0.1, 0.15) is 31.4 Å². The number of hydrogen-bond donors (Lipinski definition) is 1. The quantitative estimate of drug-likeness (QED) is 0.657. The summed E-state index contributed by atoms with van der Waals surface area (Å²) in [5.41, 5.74) is 2.01. The summed E-state index contributed by atoms with van der Waals surface area (Å²) in [5, 5.41) is 7.73. The lowest BCUT2D eigenvalue weighted by atomic mass is 9.85. The molecular formula is C20H19N5O2. The van der Waals surface area contributed by atoms with Crippen LogP contribution in [0.4, 0.5) is 11.9 Å². The third kappa shape index (κ3) is 2.42. The van der Waals surface area contributed by atoms with Crippen molar-refractivity contribution in [1.82, 2.24) is 14.8 Å². The molecule has 0 spiro atoms. The molecule has 136 valence electrons. The zero-order valence-corrected chi connectivity index (χ0v) is 14.9. The van der Waals surface area contributed by atoms with E-state index in [1.54, 1.807) is 4.68 Å². The Bertz CT molecular complexity index is 965. The van der Waals surface area contributed by atoms with Gasteiger partial charge in [0.1, 0.15) is 6.04 Å². The van der Waals surface area contributed by atoms with Crippen LogP contribution in [-0.4, -0.2) is 26.6 Å². The summed E-state index contributed by atoms with van der Waals surface area (Å²) in [7, 11) is 0. The van der Waals surface area contributed by atoms with Crippen LogP contribution in [-0.2, 0) is 9.59 Å². The SMILES string of the molecule is CC1=CC(c2ccccc2)n2nc(N3C(=O)[C@H]4CC=CC[C@H]4C3=O)nc2N1. The van der Waals surface area contributed by atoms with Crippen LogP contribution in [0.5, 0.6) is 0 Å². The summed E-state index contributed by atoms with van der Waals surface area (Å²) in [4.78, 5) is 31.3. The molecule has 2 amide bonds. The maximum Gasteiger partial charge on any atom is 0.260 e. The fourth-order valence-electron chi connectivity index (χ4n) is 4.10. The average molecular weight is 361 g/mol. The Kier molecular flexibility index (Phi) is 3.50. The summed E-state index contributed by atoms with van der Waals surface area (Å²) >= 11 is 0. The van der Waals surface area contributed by atoms with E-state index < -0.39 is 0 Å². The molecule has 1 aromatic carbocycles. The smallest absolute Gasteiger partial charge is 0.260 e. The van der Waals surface area contributed by atoms with Gasteiger partial charge < -0.3 is 5.32 Å². The Labute approximate surface area is 156 Å². The zero-order chi connectivity index (χ0) is 18.5. The van der Waals surface area contributed by atoms with Gasteiger partial charge in [0.25, 0.3) is 5.95 Å². The van der Waals surface area contributed by atoms with E-state index in [9.17, 15) is 9.59 Å². The highest BCUT2D eigenvalue weighted by atomic mass is 16.2. The van der Waals surface area contributed by atoms with Crippen molar-refractivity contribution in [3.63, 3.8) is 0 Å². The van der Waals surface area contributed by atoms with Crippen molar-refractivity contribution in [2.45, 2.75) is 25.8 Å². The molecule has 2 aliphatic heterocycles. The first-order chi connectivity index (χ1) is 13.1. The van der Waals surface area contributed by atoms with E-state index in [-0.39, 0.29) is 35.6 Å². The number of rotatable bonds is 2. The lowest BCUT2D eigenvalue weighted by Crippen LogP contribution is -2.32. The number of aromatic nitrogens is 3. The van der Waals surface area contributed by atoms with Crippen LogP contribution in [0.25, 0.3) is 0 Å². The molecule has 1 aliphatic carbocycles. The topological polar surface area (TPSA) is 80.1 Å². The van der Waals surface area contributed by atoms with Crippen molar-refractivity contribution in [2.75, 3.05) is 10.2 Å². The molecule has 3 aliphatic rings. The summed E-state index contributed by atoms with van der Waals surface area (Å²) in [6, 6.07) is 9.83. The number of amides is 2. The van der Waals surface area contributed by atoms with E-state index in [2.05, 4.69) is 21.5 Å². The summed E-state index contributed by atoms with van der Waals surface area (Å²) in [6.07, 6.45) is 7.21. The zero-order valence-electron chi connectivity index (χ0n) is 14.9. The van der Waals surface area contributed by atoms with Gasteiger partial charge in [0, 0.05) is 5.70 Å². The molecule has 7 nitrogen and oxygen atoms in total. The van der Waals surface area contributed by atoms with Crippen molar-refractivity contribution < 1.29 is 9.59 Å². The van der Waals surface area contributed by atoms with Crippen molar-refractivity contribution >= 4 is 23.7 Å². The second-order valence-electron chi connectivity index (χ2n) is 7.18. The Morgan fingerprint density at radius 2 is 1.70 bits per heavy atom. The van der Waals surface area contributed by atoms with E-state index in [1.165, 1.54) is 4.90 Å². The number of carbonyl (C=O) groups is 2. The number of fused-ring (bicyclic) bond motifs is 2. The van der Waals surface area contributed by atoms with E-state index in [0.29, 0.717) is 18.8 Å². The number of benzene rings is 1. The molecule has 3 atom stereocenters. The average Bonchev–Trinajstić information content (AvgIpc) is 3.21. The summed E-state index contributed by atoms with van der Waals surface area (Å²) in [6.45, 7) is 1.96. The van der Waals surface area contributed by atoms with Gasteiger partial charge in [-0.2, -0.15) is 4.98 Å². The van der Waals surface area contributed by atoms with Gasteiger partial charge in [-0.25, -0.2) is 9.58 Å². The first-order valence-electron chi connectivity index (χ1n) is 9.13. The second kappa shape index (κ2) is 5.90. The van der Waals surface area contributed by atoms with Gasteiger partial charge in [0.15, 0.2) is 0 Å². The molecular weight excluding hydrogens is 342 g/mol. The van der Waals surface area contributed by atoms with Gasteiger partial charge in [0.2, 0.25) is 17.8 Å². The number of anilines is 2.